The highest BCUT2D eigenvalue weighted by Gasteiger charge is 2.22. The Balaban J connectivity index is 1.70. The molecular formula is C24H22ClN3O4. The number of benzene rings is 3. The highest BCUT2D eigenvalue weighted by Crippen LogP contribution is 2.20. The first-order valence-corrected chi connectivity index (χ1v) is 10.4. The molecule has 0 aliphatic carbocycles. The number of carbonyl (C=O) groups is 2. The van der Waals surface area contributed by atoms with Crippen LogP contribution in [-0.2, 0) is 11.2 Å². The summed E-state index contributed by atoms with van der Waals surface area (Å²) in [7, 11) is 0. The zero-order valence-corrected chi connectivity index (χ0v) is 18.1. The molecule has 2 unspecified atom stereocenters. The number of non-ortho nitro benzene ring substituents is 1. The van der Waals surface area contributed by atoms with Crippen molar-refractivity contribution in [1.82, 2.24) is 10.6 Å². The summed E-state index contributed by atoms with van der Waals surface area (Å²) in [6, 6.07) is 21.1. The van der Waals surface area contributed by atoms with Crippen LogP contribution in [-0.4, -0.2) is 22.8 Å². The van der Waals surface area contributed by atoms with Crippen molar-refractivity contribution in [2.24, 2.45) is 0 Å². The summed E-state index contributed by atoms with van der Waals surface area (Å²) in [5.41, 5.74) is 1.84. The third-order valence-electron chi connectivity index (χ3n) is 4.93. The van der Waals surface area contributed by atoms with E-state index in [0.29, 0.717) is 11.4 Å². The van der Waals surface area contributed by atoms with E-state index in [0.717, 1.165) is 11.1 Å². The van der Waals surface area contributed by atoms with Gasteiger partial charge in [0.15, 0.2) is 0 Å². The maximum absolute atomic E-state index is 12.9. The summed E-state index contributed by atoms with van der Waals surface area (Å²) in [5.74, 6) is -0.933. The van der Waals surface area contributed by atoms with Crippen LogP contribution in [0.1, 0.15) is 34.5 Å². The predicted molar refractivity (Wildman–Crippen MR) is 123 cm³/mol. The lowest BCUT2D eigenvalue weighted by Gasteiger charge is -2.22. The third kappa shape index (κ3) is 6.15. The van der Waals surface area contributed by atoms with Gasteiger partial charge in [0, 0.05) is 22.7 Å². The van der Waals surface area contributed by atoms with E-state index >= 15 is 0 Å². The molecule has 7 nitrogen and oxygen atoms in total. The SMILES string of the molecule is CC(NC(=O)c1cccc([N+](=O)[O-])c1)C(=O)NC(Cc1ccc(Cl)cc1)c1ccccc1. The Bertz CT molecular complexity index is 1100. The van der Waals surface area contributed by atoms with Gasteiger partial charge in [-0.2, -0.15) is 0 Å². The van der Waals surface area contributed by atoms with Gasteiger partial charge in [-0.15, -0.1) is 0 Å². The summed E-state index contributed by atoms with van der Waals surface area (Å²) in [6.45, 7) is 1.56. The Morgan fingerprint density at radius 1 is 0.969 bits per heavy atom. The number of carbonyl (C=O) groups excluding carboxylic acids is 2. The van der Waals surface area contributed by atoms with E-state index in [1.165, 1.54) is 24.3 Å². The molecule has 32 heavy (non-hydrogen) atoms. The van der Waals surface area contributed by atoms with E-state index in [1.807, 2.05) is 42.5 Å². The van der Waals surface area contributed by atoms with E-state index in [2.05, 4.69) is 10.6 Å². The second kappa shape index (κ2) is 10.5. The Hall–Kier alpha value is -3.71. The van der Waals surface area contributed by atoms with Gasteiger partial charge in [-0.1, -0.05) is 60.1 Å². The van der Waals surface area contributed by atoms with Gasteiger partial charge >= 0.3 is 0 Å². The summed E-state index contributed by atoms with van der Waals surface area (Å²) in [6.07, 6.45) is 0.540. The van der Waals surface area contributed by atoms with Crippen molar-refractivity contribution in [3.63, 3.8) is 0 Å². The van der Waals surface area contributed by atoms with Gasteiger partial charge < -0.3 is 10.6 Å². The van der Waals surface area contributed by atoms with Crippen molar-refractivity contribution in [3.8, 4) is 0 Å². The molecule has 164 valence electrons. The molecule has 0 saturated heterocycles. The van der Waals surface area contributed by atoms with Crippen molar-refractivity contribution >= 4 is 29.1 Å². The molecule has 3 aromatic rings. The van der Waals surface area contributed by atoms with Crippen LogP contribution in [0, 0.1) is 10.1 Å². The number of nitro benzene ring substituents is 1. The average Bonchev–Trinajstić information content (AvgIpc) is 2.80. The predicted octanol–water partition coefficient (Wildman–Crippen LogP) is 4.47. The van der Waals surface area contributed by atoms with Crippen molar-refractivity contribution in [2.75, 3.05) is 0 Å². The Morgan fingerprint density at radius 2 is 1.66 bits per heavy atom. The molecule has 0 aliphatic heterocycles. The largest absolute Gasteiger partial charge is 0.347 e. The molecule has 3 rings (SSSR count). The molecule has 0 spiro atoms. The molecule has 0 fully saturated rings. The van der Waals surface area contributed by atoms with Crippen LogP contribution in [0.5, 0.6) is 0 Å². The van der Waals surface area contributed by atoms with Gasteiger partial charge in [-0.25, -0.2) is 0 Å². The summed E-state index contributed by atoms with van der Waals surface area (Å²) in [4.78, 5) is 35.7. The van der Waals surface area contributed by atoms with E-state index in [9.17, 15) is 19.7 Å². The normalized spacial score (nSPS) is 12.4. The van der Waals surface area contributed by atoms with Crippen molar-refractivity contribution in [3.05, 3.63) is 111 Å². The highest BCUT2D eigenvalue weighted by atomic mass is 35.5. The number of amides is 2. The lowest BCUT2D eigenvalue weighted by molar-refractivity contribution is -0.384. The molecular weight excluding hydrogens is 430 g/mol. The number of nitro groups is 1. The first kappa shape index (κ1) is 23.0. The monoisotopic (exact) mass is 451 g/mol. The first-order valence-electron chi connectivity index (χ1n) is 9.98. The fourth-order valence-corrected chi connectivity index (χ4v) is 3.32. The number of hydrogen-bond donors (Lipinski definition) is 2. The van der Waals surface area contributed by atoms with Crippen molar-refractivity contribution in [1.29, 1.82) is 0 Å². The minimum absolute atomic E-state index is 0.111. The Morgan fingerprint density at radius 3 is 2.31 bits per heavy atom. The standard InChI is InChI=1S/C24H22ClN3O4/c1-16(26-24(30)19-8-5-9-21(15-19)28(31)32)23(29)27-22(18-6-3-2-4-7-18)14-17-10-12-20(25)13-11-17/h2-13,15-16,22H,14H2,1H3,(H,26,30)(H,27,29). The van der Waals surface area contributed by atoms with Gasteiger partial charge in [-0.05, 0) is 42.7 Å². The fraction of sp³-hybridized carbons (Fsp3) is 0.167. The topological polar surface area (TPSA) is 101 Å². The van der Waals surface area contributed by atoms with E-state index in [1.54, 1.807) is 19.1 Å². The van der Waals surface area contributed by atoms with Gasteiger partial charge in [0.1, 0.15) is 6.04 Å². The molecule has 0 radical (unpaired) electrons. The van der Waals surface area contributed by atoms with Gasteiger partial charge in [0.25, 0.3) is 11.6 Å². The molecule has 8 heteroatoms. The van der Waals surface area contributed by atoms with Gasteiger partial charge in [0.05, 0.1) is 11.0 Å². The van der Waals surface area contributed by atoms with Gasteiger partial charge in [-0.3, -0.25) is 19.7 Å². The van der Waals surface area contributed by atoms with Gasteiger partial charge in [0.2, 0.25) is 5.91 Å². The zero-order valence-electron chi connectivity index (χ0n) is 17.3. The molecule has 0 saturated carbocycles. The fourth-order valence-electron chi connectivity index (χ4n) is 3.20. The zero-order chi connectivity index (χ0) is 23.1. The lowest BCUT2D eigenvalue weighted by atomic mass is 9.98. The van der Waals surface area contributed by atoms with Crippen LogP contribution in [0.15, 0.2) is 78.9 Å². The average molecular weight is 452 g/mol. The van der Waals surface area contributed by atoms with Crippen molar-refractivity contribution in [2.45, 2.75) is 25.4 Å². The van der Waals surface area contributed by atoms with Crippen LogP contribution < -0.4 is 10.6 Å². The second-order valence-electron chi connectivity index (χ2n) is 7.31. The molecule has 2 N–H and O–H groups in total. The number of halogens is 1. The van der Waals surface area contributed by atoms with Crippen molar-refractivity contribution < 1.29 is 14.5 Å². The molecule has 0 heterocycles. The summed E-state index contributed by atoms with van der Waals surface area (Å²) in [5, 5.41) is 17.2. The summed E-state index contributed by atoms with van der Waals surface area (Å²) < 4.78 is 0. The van der Waals surface area contributed by atoms with Crippen LogP contribution in [0.2, 0.25) is 5.02 Å². The smallest absolute Gasteiger partial charge is 0.270 e. The Kier molecular flexibility index (Phi) is 7.57. The van der Waals surface area contributed by atoms with Crippen LogP contribution in [0.3, 0.4) is 0 Å². The molecule has 3 aromatic carbocycles. The van der Waals surface area contributed by atoms with Crippen LogP contribution >= 0.6 is 11.6 Å². The van der Waals surface area contributed by atoms with Crippen LogP contribution in [0.4, 0.5) is 5.69 Å². The second-order valence-corrected chi connectivity index (χ2v) is 7.74. The minimum atomic E-state index is -0.849. The van der Waals surface area contributed by atoms with E-state index < -0.39 is 16.9 Å². The number of rotatable bonds is 8. The first-order chi connectivity index (χ1) is 15.3. The molecule has 0 aromatic heterocycles. The number of nitrogens with zero attached hydrogens (tertiary/aromatic N) is 1. The number of hydrogen-bond acceptors (Lipinski definition) is 4. The quantitative estimate of drug-likeness (QED) is 0.389. The molecule has 2 amide bonds. The minimum Gasteiger partial charge on any atom is -0.347 e. The van der Waals surface area contributed by atoms with E-state index in [4.69, 9.17) is 11.6 Å². The third-order valence-corrected chi connectivity index (χ3v) is 5.18. The summed E-state index contributed by atoms with van der Waals surface area (Å²) >= 11 is 5.97. The molecule has 0 bridgehead atoms. The Labute approximate surface area is 190 Å². The lowest BCUT2D eigenvalue weighted by Crippen LogP contribution is -2.46. The highest BCUT2D eigenvalue weighted by molar-refractivity contribution is 6.30. The molecule has 0 aliphatic rings. The van der Waals surface area contributed by atoms with E-state index in [-0.39, 0.29) is 23.2 Å². The van der Waals surface area contributed by atoms with Crippen LogP contribution in [0.25, 0.3) is 0 Å². The number of nitrogens with one attached hydrogen (secondary N) is 2. The molecule has 2 atom stereocenters. The maximum atomic E-state index is 12.9. The maximum Gasteiger partial charge on any atom is 0.270 e.